The number of methoxy groups -OCH3 is 1. The van der Waals surface area contributed by atoms with Crippen molar-refractivity contribution in [2.45, 2.75) is 25.7 Å². The number of Topliss-reactive ketones (excluding diaryl/α,β-unsaturated/α-hetero) is 1. The topological polar surface area (TPSA) is 43.4 Å². The number of carbonyl (C=O) groups excluding carboxylic acids is 2. The van der Waals surface area contributed by atoms with E-state index in [9.17, 15) is 9.59 Å². The first-order valence-corrected chi connectivity index (χ1v) is 5.98. The Morgan fingerprint density at radius 1 is 1.29 bits per heavy atom. The number of hydrogen-bond acceptors (Lipinski definition) is 3. The van der Waals surface area contributed by atoms with Crippen molar-refractivity contribution < 1.29 is 14.3 Å². The second-order valence-electron chi connectivity index (χ2n) is 4.73. The molecule has 0 fully saturated rings. The summed E-state index contributed by atoms with van der Waals surface area (Å²) in [4.78, 5) is 23.6. The molecule has 1 atom stereocenters. The first kappa shape index (κ1) is 10.5. The molecule has 0 spiro atoms. The molecule has 2 aliphatic rings. The van der Waals surface area contributed by atoms with Gasteiger partial charge in [0.1, 0.15) is 5.92 Å². The fourth-order valence-corrected chi connectivity index (χ4v) is 3.02. The number of esters is 1. The molecule has 88 valence electrons. The van der Waals surface area contributed by atoms with Crippen LogP contribution in [0.15, 0.2) is 12.1 Å². The highest BCUT2D eigenvalue weighted by Crippen LogP contribution is 2.35. The maximum Gasteiger partial charge on any atom is 0.316 e. The van der Waals surface area contributed by atoms with Crippen molar-refractivity contribution in [1.82, 2.24) is 0 Å². The highest BCUT2D eigenvalue weighted by molar-refractivity contribution is 6.12. The maximum atomic E-state index is 12.1. The van der Waals surface area contributed by atoms with Gasteiger partial charge in [0, 0.05) is 5.56 Å². The van der Waals surface area contributed by atoms with Crippen molar-refractivity contribution in [3.05, 3.63) is 34.4 Å². The Labute approximate surface area is 99.8 Å². The van der Waals surface area contributed by atoms with Crippen LogP contribution in [0.2, 0.25) is 0 Å². The SMILES string of the molecule is COC(=O)C1Cc2c(ccc3c2CCC3)C1=O. The number of fused-ring (bicyclic) bond motifs is 3. The summed E-state index contributed by atoms with van der Waals surface area (Å²) in [5.74, 6) is -1.08. The Kier molecular flexibility index (Phi) is 2.28. The summed E-state index contributed by atoms with van der Waals surface area (Å²) in [5, 5.41) is 0. The number of rotatable bonds is 1. The van der Waals surface area contributed by atoms with Gasteiger partial charge >= 0.3 is 5.97 Å². The van der Waals surface area contributed by atoms with Crippen molar-refractivity contribution >= 4 is 11.8 Å². The Morgan fingerprint density at radius 2 is 2.12 bits per heavy atom. The van der Waals surface area contributed by atoms with Crippen LogP contribution in [-0.2, 0) is 28.8 Å². The minimum atomic E-state index is -0.609. The fraction of sp³-hybridized carbons (Fsp3) is 0.429. The lowest BCUT2D eigenvalue weighted by molar-refractivity contribution is -0.143. The van der Waals surface area contributed by atoms with Crippen molar-refractivity contribution in [2.24, 2.45) is 5.92 Å². The van der Waals surface area contributed by atoms with Gasteiger partial charge < -0.3 is 4.74 Å². The zero-order valence-corrected chi connectivity index (χ0v) is 9.79. The van der Waals surface area contributed by atoms with Crippen LogP contribution in [0.1, 0.15) is 33.5 Å². The number of aryl methyl sites for hydroxylation is 1. The molecule has 3 rings (SSSR count). The van der Waals surface area contributed by atoms with E-state index in [0.717, 1.165) is 30.4 Å². The molecule has 0 N–H and O–H groups in total. The van der Waals surface area contributed by atoms with Crippen LogP contribution in [-0.4, -0.2) is 18.9 Å². The molecule has 0 heterocycles. The number of ether oxygens (including phenoxy) is 1. The standard InChI is InChI=1S/C14H14O3/c1-17-14(16)12-7-11-9-4-2-3-8(9)5-6-10(11)13(12)15/h5-6,12H,2-4,7H2,1H3. The van der Waals surface area contributed by atoms with Crippen molar-refractivity contribution in [3.63, 3.8) is 0 Å². The number of benzene rings is 1. The molecular formula is C14H14O3. The van der Waals surface area contributed by atoms with E-state index in [2.05, 4.69) is 0 Å². The normalized spacial score (nSPS) is 21.2. The third-order valence-electron chi connectivity index (χ3n) is 3.88. The summed E-state index contributed by atoms with van der Waals surface area (Å²) in [5.41, 5.74) is 4.49. The third-order valence-corrected chi connectivity index (χ3v) is 3.88. The molecular weight excluding hydrogens is 216 g/mol. The van der Waals surface area contributed by atoms with E-state index in [-0.39, 0.29) is 5.78 Å². The van der Waals surface area contributed by atoms with Crippen LogP contribution in [0, 0.1) is 5.92 Å². The smallest absolute Gasteiger partial charge is 0.316 e. The summed E-state index contributed by atoms with van der Waals surface area (Å²) in [6.45, 7) is 0. The molecule has 1 aromatic carbocycles. The molecule has 17 heavy (non-hydrogen) atoms. The predicted molar refractivity (Wildman–Crippen MR) is 62.0 cm³/mol. The molecule has 0 aliphatic heterocycles. The van der Waals surface area contributed by atoms with Gasteiger partial charge in [0.15, 0.2) is 5.78 Å². The van der Waals surface area contributed by atoms with Gasteiger partial charge in [-0.3, -0.25) is 9.59 Å². The van der Waals surface area contributed by atoms with Gasteiger partial charge in [-0.25, -0.2) is 0 Å². The van der Waals surface area contributed by atoms with E-state index < -0.39 is 11.9 Å². The monoisotopic (exact) mass is 230 g/mol. The first-order chi connectivity index (χ1) is 8.22. The summed E-state index contributed by atoms with van der Waals surface area (Å²) in [6, 6.07) is 3.92. The molecule has 0 saturated heterocycles. The summed E-state index contributed by atoms with van der Waals surface area (Å²) < 4.78 is 4.70. The second-order valence-corrected chi connectivity index (χ2v) is 4.73. The van der Waals surface area contributed by atoms with Crippen molar-refractivity contribution in [3.8, 4) is 0 Å². The van der Waals surface area contributed by atoms with Gasteiger partial charge in [-0.2, -0.15) is 0 Å². The van der Waals surface area contributed by atoms with Gasteiger partial charge in [0.25, 0.3) is 0 Å². The van der Waals surface area contributed by atoms with Crippen LogP contribution in [0.5, 0.6) is 0 Å². The van der Waals surface area contributed by atoms with Gasteiger partial charge in [0.05, 0.1) is 7.11 Å². The Morgan fingerprint density at radius 3 is 2.88 bits per heavy atom. The minimum absolute atomic E-state index is 0.0680. The molecule has 0 bridgehead atoms. The first-order valence-electron chi connectivity index (χ1n) is 5.98. The average Bonchev–Trinajstić information content (AvgIpc) is 2.92. The molecule has 0 amide bonds. The van der Waals surface area contributed by atoms with E-state index in [4.69, 9.17) is 4.74 Å². The van der Waals surface area contributed by atoms with Gasteiger partial charge in [-0.1, -0.05) is 12.1 Å². The summed E-state index contributed by atoms with van der Waals surface area (Å²) in [6.07, 6.45) is 3.83. The van der Waals surface area contributed by atoms with Gasteiger partial charge in [-0.05, 0) is 42.4 Å². The lowest BCUT2D eigenvalue weighted by Gasteiger charge is -2.05. The number of ketones is 1. The van der Waals surface area contributed by atoms with Crippen LogP contribution in [0.25, 0.3) is 0 Å². The van der Waals surface area contributed by atoms with Crippen LogP contribution in [0.3, 0.4) is 0 Å². The highest BCUT2D eigenvalue weighted by atomic mass is 16.5. The van der Waals surface area contributed by atoms with E-state index >= 15 is 0 Å². The highest BCUT2D eigenvalue weighted by Gasteiger charge is 2.38. The average molecular weight is 230 g/mol. The quantitative estimate of drug-likeness (QED) is 0.545. The van der Waals surface area contributed by atoms with Crippen LogP contribution >= 0.6 is 0 Å². The van der Waals surface area contributed by atoms with E-state index in [0.29, 0.717) is 6.42 Å². The maximum absolute atomic E-state index is 12.1. The van der Waals surface area contributed by atoms with E-state index in [1.54, 1.807) is 0 Å². The van der Waals surface area contributed by atoms with Crippen molar-refractivity contribution in [2.75, 3.05) is 7.11 Å². The van der Waals surface area contributed by atoms with Crippen LogP contribution in [0.4, 0.5) is 0 Å². The zero-order valence-electron chi connectivity index (χ0n) is 9.79. The summed E-state index contributed by atoms with van der Waals surface area (Å²) >= 11 is 0. The molecule has 0 aromatic heterocycles. The second kappa shape index (κ2) is 3.69. The minimum Gasteiger partial charge on any atom is -0.468 e. The lowest BCUT2D eigenvalue weighted by Crippen LogP contribution is -2.21. The summed E-state index contributed by atoms with van der Waals surface area (Å²) in [7, 11) is 1.34. The Hall–Kier alpha value is -1.64. The molecule has 1 unspecified atom stereocenters. The van der Waals surface area contributed by atoms with E-state index in [1.165, 1.54) is 18.2 Å². The number of carbonyl (C=O) groups is 2. The molecule has 3 heteroatoms. The predicted octanol–water partition coefficient (Wildman–Crippen LogP) is 1.70. The van der Waals surface area contributed by atoms with Crippen LogP contribution < -0.4 is 0 Å². The molecule has 1 aromatic rings. The van der Waals surface area contributed by atoms with Gasteiger partial charge in [-0.15, -0.1) is 0 Å². The molecule has 0 saturated carbocycles. The Bertz CT molecular complexity index is 516. The van der Waals surface area contributed by atoms with Gasteiger partial charge in [0.2, 0.25) is 0 Å². The van der Waals surface area contributed by atoms with E-state index in [1.807, 2.05) is 12.1 Å². The molecule has 0 radical (unpaired) electrons. The van der Waals surface area contributed by atoms with Crippen molar-refractivity contribution in [1.29, 1.82) is 0 Å². The largest absolute Gasteiger partial charge is 0.468 e. The third kappa shape index (κ3) is 1.42. The fourth-order valence-electron chi connectivity index (χ4n) is 3.02. The zero-order chi connectivity index (χ0) is 12.0. The molecule has 2 aliphatic carbocycles. The number of hydrogen-bond donors (Lipinski definition) is 0. The lowest BCUT2D eigenvalue weighted by atomic mass is 9.99. The molecule has 3 nitrogen and oxygen atoms in total. The Balaban J connectivity index is 2.05.